The zero-order valence-corrected chi connectivity index (χ0v) is 9.52. The van der Waals surface area contributed by atoms with Crippen molar-refractivity contribution in [3.8, 4) is 0 Å². The van der Waals surface area contributed by atoms with E-state index in [4.69, 9.17) is 0 Å². The van der Waals surface area contributed by atoms with E-state index in [-0.39, 0.29) is 11.2 Å². The van der Waals surface area contributed by atoms with Crippen LogP contribution in [-0.2, 0) is 6.18 Å². The first kappa shape index (κ1) is 12.8. The molecule has 0 aliphatic heterocycles. The summed E-state index contributed by atoms with van der Waals surface area (Å²) < 4.78 is 37.1. The first-order valence-electron chi connectivity index (χ1n) is 4.97. The minimum absolute atomic E-state index is 0.00405. The minimum atomic E-state index is -4.39. The Kier molecular flexibility index (Phi) is 3.45. The van der Waals surface area contributed by atoms with Crippen LogP contribution in [0.2, 0.25) is 0 Å². The van der Waals surface area contributed by atoms with E-state index < -0.39 is 11.9 Å². The number of nitrogens with one attached hydrogen (secondary N) is 1. The molecular formula is C11H15F3N2. The summed E-state index contributed by atoms with van der Waals surface area (Å²) in [7, 11) is 0. The third kappa shape index (κ3) is 4.08. The van der Waals surface area contributed by atoms with Gasteiger partial charge in [0.1, 0.15) is 11.5 Å². The summed E-state index contributed by atoms with van der Waals surface area (Å²) >= 11 is 0. The van der Waals surface area contributed by atoms with E-state index in [2.05, 4.69) is 10.3 Å². The fraction of sp³-hybridized carbons (Fsp3) is 0.545. The Morgan fingerprint density at radius 1 is 1.19 bits per heavy atom. The number of anilines is 1. The molecule has 0 unspecified atom stereocenters. The molecule has 2 nitrogen and oxygen atoms in total. The maximum absolute atomic E-state index is 12.4. The summed E-state index contributed by atoms with van der Waals surface area (Å²) in [6.45, 7) is 6.55. The molecule has 90 valence electrons. The number of hydrogen-bond donors (Lipinski definition) is 1. The Hall–Kier alpha value is -1.26. The van der Waals surface area contributed by atoms with Gasteiger partial charge in [-0.05, 0) is 17.5 Å². The van der Waals surface area contributed by atoms with E-state index in [1.54, 1.807) is 0 Å². The second-order valence-corrected chi connectivity index (χ2v) is 4.82. The highest BCUT2D eigenvalue weighted by Gasteiger charge is 2.32. The van der Waals surface area contributed by atoms with Crippen LogP contribution in [0.5, 0.6) is 0 Å². The molecule has 0 fully saturated rings. The van der Waals surface area contributed by atoms with Gasteiger partial charge >= 0.3 is 6.18 Å². The molecule has 0 bridgehead atoms. The van der Waals surface area contributed by atoms with Gasteiger partial charge in [-0.3, -0.25) is 0 Å². The Bertz CT molecular complexity index is 353. The second-order valence-electron chi connectivity index (χ2n) is 4.82. The fourth-order valence-corrected chi connectivity index (χ4v) is 1.05. The average Bonchev–Trinajstić information content (AvgIpc) is 2.13. The lowest BCUT2D eigenvalue weighted by atomic mass is 9.97. The molecule has 0 aromatic carbocycles. The molecule has 1 N–H and O–H groups in total. The van der Waals surface area contributed by atoms with Crippen LogP contribution in [0.1, 0.15) is 26.5 Å². The lowest BCUT2D eigenvalue weighted by Gasteiger charge is -2.19. The first-order valence-corrected chi connectivity index (χ1v) is 4.97. The van der Waals surface area contributed by atoms with Gasteiger partial charge in [0.15, 0.2) is 0 Å². The van der Waals surface area contributed by atoms with Gasteiger partial charge in [0.05, 0.1) is 0 Å². The van der Waals surface area contributed by atoms with Crippen LogP contribution in [-0.4, -0.2) is 11.5 Å². The average molecular weight is 232 g/mol. The highest BCUT2D eigenvalue weighted by atomic mass is 19.4. The van der Waals surface area contributed by atoms with E-state index in [9.17, 15) is 13.2 Å². The lowest BCUT2D eigenvalue weighted by Crippen LogP contribution is -2.20. The van der Waals surface area contributed by atoms with Crippen LogP contribution < -0.4 is 5.32 Å². The highest BCUT2D eigenvalue weighted by molar-refractivity contribution is 5.36. The normalized spacial score (nSPS) is 12.6. The smallest absolute Gasteiger partial charge is 0.370 e. The van der Waals surface area contributed by atoms with Crippen molar-refractivity contribution in [3.05, 3.63) is 23.9 Å². The van der Waals surface area contributed by atoms with Gasteiger partial charge in [-0.15, -0.1) is 0 Å². The van der Waals surface area contributed by atoms with Crippen LogP contribution in [0.3, 0.4) is 0 Å². The molecule has 0 spiro atoms. The van der Waals surface area contributed by atoms with Crippen LogP contribution in [0.15, 0.2) is 18.2 Å². The first-order chi connectivity index (χ1) is 7.18. The van der Waals surface area contributed by atoms with Gasteiger partial charge in [-0.25, -0.2) is 4.98 Å². The Balaban J connectivity index is 2.76. The number of alkyl halides is 3. The molecule has 1 heterocycles. The molecule has 1 rings (SSSR count). The van der Waals surface area contributed by atoms with E-state index in [0.29, 0.717) is 6.54 Å². The van der Waals surface area contributed by atoms with Crippen molar-refractivity contribution in [1.29, 1.82) is 0 Å². The number of nitrogens with zero attached hydrogens (tertiary/aromatic N) is 1. The number of rotatable bonds is 2. The zero-order chi connectivity index (χ0) is 12.4. The van der Waals surface area contributed by atoms with Crippen molar-refractivity contribution >= 4 is 5.82 Å². The standard InChI is InChI=1S/C11H15F3N2/c1-10(2,3)7-15-9-6-4-5-8(16-9)11(12,13)14/h4-6H,7H2,1-3H3,(H,15,16). The molecule has 0 aliphatic carbocycles. The number of halogens is 3. The van der Waals surface area contributed by atoms with Crippen molar-refractivity contribution in [2.24, 2.45) is 5.41 Å². The third-order valence-corrected chi connectivity index (χ3v) is 1.84. The maximum Gasteiger partial charge on any atom is 0.433 e. The number of hydrogen-bond acceptors (Lipinski definition) is 2. The molecule has 0 atom stereocenters. The van der Waals surface area contributed by atoms with E-state index >= 15 is 0 Å². The van der Waals surface area contributed by atoms with Gasteiger partial charge in [0, 0.05) is 6.54 Å². The number of aromatic nitrogens is 1. The molecular weight excluding hydrogens is 217 g/mol. The predicted octanol–water partition coefficient (Wildman–Crippen LogP) is 3.56. The highest BCUT2D eigenvalue weighted by Crippen LogP contribution is 2.28. The number of pyridine rings is 1. The Morgan fingerprint density at radius 3 is 2.31 bits per heavy atom. The molecule has 5 heteroatoms. The molecule has 0 radical (unpaired) electrons. The monoisotopic (exact) mass is 232 g/mol. The SMILES string of the molecule is CC(C)(C)CNc1cccc(C(F)(F)F)n1. The van der Waals surface area contributed by atoms with E-state index in [0.717, 1.165) is 6.07 Å². The van der Waals surface area contributed by atoms with Crippen LogP contribution in [0, 0.1) is 5.41 Å². The Labute approximate surface area is 92.9 Å². The van der Waals surface area contributed by atoms with Gasteiger partial charge < -0.3 is 5.32 Å². The van der Waals surface area contributed by atoms with Gasteiger partial charge in [0.25, 0.3) is 0 Å². The van der Waals surface area contributed by atoms with Crippen LogP contribution in [0.25, 0.3) is 0 Å². The molecule has 0 aliphatic rings. The largest absolute Gasteiger partial charge is 0.433 e. The van der Waals surface area contributed by atoms with Crippen LogP contribution in [0.4, 0.5) is 19.0 Å². The van der Waals surface area contributed by atoms with E-state index in [1.807, 2.05) is 20.8 Å². The summed E-state index contributed by atoms with van der Waals surface area (Å²) in [5.41, 5.74) is -0.873. The molecule has 0 amide bonds. The predicted molar refractivity (Wildman–Crippen MR) is 57.2 cm³/mol. The summed E-state index contributed by atoms with van der Waals surface area (Å²) in [5.74, 6) is 0.254. The zero-order valence-electron chi connectivity index (χ0n) is 9.52. The minimum Gasteiger partial charge on any atom is -0.370 e. The van der Waals surface area contributed by atoms with Crippen molar-refractivity contribution < 1.29 is 13.2 Å². The summed E-state index contributed by atoms with van der Waals surface area (Å²) in [4.78, 5) is 3.51. The second kappa shape index (κ2) is 4.31. The van der Waals surface area contributed by atoms with E-state index in [1.165, 1.54) is 12.1 Å². The van der Waals surface area contributed by atoms with Crippen molar-refractivity contribution in [1.82, 2.24) is 4.98 Å². The van der Waals surface area contributed by atoms with Crippen molar-refractivity contribution in [2.45, 2.75) is 26.9 Å². The summed E-state index contributed by atoms with van der Waals surface area (Å²) in [5, 5.41) is 2.89. The third-order valence-electron chi connectivity index (χ3n) is 1.84. The summed E-state index contributed by atoms with van der Waals surface area (Å²) in [6.07, 6.45) is -4.39. The Morgan fingerprint density at radius 2 is 1.81 bits per heavy atom. The molecule has 1 aromatic heterocycles. The topological polar surface area (TPSA) is 24.9 Å². The molecule has 16 heavy (non-hydrogen) atoms. The van der Waals surface area contributed by atoms with Gasteiger partial charge in [-0.1, -0.05) is 26.8 Å². The summed E-state index contributed by atoms with van der Waals surface area (Å²) in [6, 6.07) is 3.84. The van der Waals surface area contributed by atoms with Crippen molar-refractivity contribution in [2.75, 3.05) is 11.9 Å². The maximum atomic E-state index is 12.4. The molecule has 1 aromatic rings. The molecule has 0 saturated heterocycles. The quantitative estimate of drug-likeness (QED) is 0.843. The van der Waals surface area contributed by atoms with Gasteiger partial charge in [0.2, 0.25) is 0 Å². The molecule has 0 saturated carbocycles. The van der Waals surface area contributed by atoms with Crippen LogP contribution >= 0.6 is 0 Å². The van der Waals surface area contributed by atoms with Gasteiger partial charge in [-0.2, -0.15) is 13.2 Å². The lowest BCUT2D eigenvalue weighted by molar-refractivity contribution is -0.141. The van der Waals surface area contributed by atoms with Crippen molar-refractivity contribution in [3.63, 3.8) is 0 Å². The fourth-order valence-electron chi connectivity index (χ4n) is 1.05.